The van der Waals surface area contributed by atoms with Crippen molar-refractivity contribution in [2.75, 3.05) is 6.54 Å². The van der Waals surface area contributed by atoms with Crippen LogP contribution < -0.4 is 5.32 Å². The van der Waals surface area contributed by atoms with E-state index in [0.717, 1.165) is 38.5 Å². The first-order valence-corrected chi connectivity index (χ1v) is 5.94. The van der Waals surface area contributed by atoms with Crippen LogP contribution in [0.5, 0.6) is 0 Å². The van der Waals surface area contributed by atoms with Crippen LogP contribution in [0.15, 0.2) is 0 Å². The third-order valence-corrected chi connectivity index (χ3v) is 2.34. The fraction of sp³-hybridized carbons (Fsp3) is 0.833. The van der Waals surface area contributed by atoms with Crippen LogP contribution >= 0.6 is 0 Å². The number of nitrogens with one attached hydrogen (secondary N) is 1. The second-order valence-corrected chi connectivity index (χ2v) is 3.90. The average molecular weight is 230 g/mol. The molecular formula is C12H23NO3. The molecular weight excluding hydrogens is 206 g/mol. The van der Waals surface area contributed by atoms with Crippen LogP contribution in [0.3, 0.4) is 0 Å². The topological polar surface area (TPSA) is 66.4 Å². The van der Waals surface area contributed by atoms with Crippen LogP contribution in [0, 0.1) is 0 Å². The molecule has 4 heteroatoms. The number of rotatable bonds is 10. The highest BCUT2D eigenvalue weighted by Crippen LogP contribution is 2.08. The van der Waals surface area contributed by atoms with E-state index in [4.69, 9.17) is 6.48 Å². The molecule has 0 saturated heterocycles. The van der Waals surface area contributed by atoms with Gasteiger partial charge in [0.1, 0.15) is 6.54 Å². The summed E-state index contributed by atoms with van der Waals surface area (Å²) in [5.41, 5.74) is 0. The summed E-state index contributed by atoms with van der Waals surface area (Å²) in [6, 6.07) is 0. The van der Waals surface area contributed by atoms with Gasteiger partial charge in [0.25, 0.3) is 0 Å². The van der Waals surface area contributed by atoms with E-state index >= 15 is 0 Å². The minimum atomic E-state index is -1.01. The van der Waals surface area contributed by atoms with E-state index in [0.29, 0.717) is 13.3 Å². The van der Waals surface area contributed by atoms with Crippen LogP contribution in [-0.4, -0.2) is 23.5 Å². The molecule has 0 radical (unpaired) electrons. The van der Waals surface area contributed by atoms with Gasteiger partial charge in [-0.15, -0.1) is 0 Å². The van der Waals surface area contributed by atoms with Gasteiger partial charge in [-0.1, -0.05) is 45.4 Å². The van der Waals surface area contributed by atoms with Gasteiger partial charge in [-0.05, 0) is 6.42 Å². The molecule has 0 fully saturated rings. The van der Waals surface area contributed by atoms with Crippen molar-refractivity contribution in [2.24, 2.45) is 0 Å². The van der Waals surface area contributed by atoms with Gasteiger partial charge >= 0.3 is 5.97 Å². The fourth-order valence-corrected chi connectivity index (χ4v) is 1.43. The molecule has 0 heterocycles. The summed E-state index contributed by atoms with van der Waals surface area (Å²) < 4.78 is 6.98. The van der Waals surface area contributed by atoms with Gasteiger partial charge in [-0.25, -0.2) is 0 Å². The van der Waals surface area contributed by atoms with Crippen molar-refractivity contribution in [1.82, 2.24) is 5.32 Å². The Morgan fingerprint density at radius 2 is 1.75 bits per heavy atom. The van der Waals surface area contributed by atoms with Crippen LogP contribution in [0.4, 0.5) is 0 Å². The predicted octanol–water partition coefficient (Wildman–Crippen LogP) is 2.33. The highest BCUT2D eigenvalue weighted by atomic mass is 16.4. The number of unbranched alkanes of at least 4 members (excludes halogenated alkanes) is 6. The fourth-order valence-electron chi connectivity index (χ4n) is 1.43. The molecule has 0 aliphatic carbocycles. The number of carboxylic acid groups (broad SMARTS) is 1. The Kier molecular flexibility index (Phi) is 8.50. The lowest BCUT2D eigenvalue weighted by Crippen LogP contribution is -2.28. The second kappa shape index (κ2) is 10.5. The average Bonchev–Trinajstić information content (AvgIpc) is 2.30. The number of amides is 1. The monoisotopic (exact) mass is 230 g/mol. The molecule has 0 spiro atoms. The summed E-state index contributed by atoms with van der Waals surface area (Å²) in [6.07, 6.45) is 7.82. The van der Waals surface area contributed by atoms with Gasteiger partial charge in [0.05, 0.1) is 0 Å². The van der Waals surface area contributed by atoms with Gasteiger partial charge < -0.3 is 10.4 Å². The van der Waals surface area contributed by atoms with Crippen molar-refractivity contribution in [3.63, 3.8) is 0 Å². The summed E-state index contributed by atoms with van der Waals surface area (Å²) in [7, 11) is 0. The van der Waals surface area contributed by atoms with Crippen molar-refractivity contribution in [3.8, 4) is 0 Å². The standard InChI is InChI=1S/C12H23NO3/c1-2-3-4-5-6-7-8-9-11(14)13-10-12(15)16/h2-10H2,1H3,(H,13,14)(H,15,16)/i1D. The molecule has 94 valence electrons. The summed E-state index contributed by atoms with van der Waals surface area (Å²) in [6.45, 7) is 0.232. The smallest absolute Gasteiger partial charge is 0.322 e. The normalized spacial score (nSPS) is 10.9. The van der Waals surface area contributed by atoms with Crippen molar-refractivity contribution < 1.29 is 16.1 Å². The number of hydrogen-bond donors (Lipinski definition) is 2. The third kappa shape index (κ3) is 11.0. The number of aliphatic carboxylic acids is 1. The maximum Gasteiger partial charge on any atom is 0.322 e. The lowest BCUT2D eigenvalue weighted by Gasteiger charge is -2.02. The number of carbonyl (C=O) groups is 2. The van der Waals surface area contributed by atoms with E-state index in [-0.39, 0.29) is 12.5 Å². The van der Waals surface area contributed by atoms with Crippen molar-refractivity contribution in [3.05, 3.63) is 0 Å². The molecule has 1 amide bonds. The van der Waals surface area contributed by atoms with Crippen molar-refractivity contribution in [1.29, 1.82) is 0 Å². The lowest BCUT2D eigenvalue weighted by molar-refractivity contribution is -0.137. The Balaban J connectivity index is 3.16. The Hall–Kier alpha value is -1.06. The molecule has 0 saturated carbocycles. The zero-order valence-electron chi connectivity index (χ0n) is 10.8. The molecule has 0 rings (SSSR count). The minimum absolute atomic E-state index is 0.179. The quantitative estimate of drug-likeness (QED) is 0.566. The highest BCUT2D eigenvalue weighted by molar-refractivity contribution is 5.80. The highest BCUT2D eigenvalue weighted by Gasteiger charge is 2.02. The Labute approximate surface area is 98.8 Å². The molecule has 0 atom stereocenters. The van der Waals surface area contributed by atoms with Gasteiger partial charge in [0.2, 0.25) is 5.91 Å². The molecule has 0 aromatic carbocycles. The van der Waals surface area contributed by atoms with Gasteiger partial charge in [0, 0.05) is 7.79 Å². The minimum Gasteiger partial charge on any atom is -0.480 e. The van der Waals surface area contributed by atoms with E-state index in [9.17, 15) is 9.59 Å². The second-order valence-electron chi connectivity index (χ2n) is 3.90. The largest absolute Gasteiger partial charge is 0.480 e. The molecule has 16 heavy (non-hydrogen) atoms. The Morgan fingerprint density at radius 3 is 2.38 bits per heavy atom. The van der Waals surface area contributed by atoms with Crippen LogP contribution in [0.25, 0.3) is 0 Å². The van der Waals surface area contributed by atoms with Gasteiger partial charge in [-0.3, -0.25) is 9.59 Å². The molecule has 0 aliphatic rings. The predicted molar refractivity (Wildman–Crippen MR) is 63.3 cm³/mol. The Bertz CT molecular complexity index is 222. The van der Waals surface area contributed by atoms with E-state index in [2.05, 4.69) is 5.32 Å². The number of carbonyl (C=O) groups excluding carboxylic acids is 1. The lowest BCUT2D eigenvalue weighted by atomic mass is 10.1. The number of carboxylic acids is 1. The molecule has 2 N–H and O–H groups in total. The zero-order chi connectivity index (χ0) is 12.9. The van der Waals surface area contributed by atoms with E-state index in [1.807, 2.05) is 0 Å². The maximum atomic E-state index is 11.1. The summed E-state index contributed by atoms with van der Waals surface area (Å²) in [4.78, 5) is 21.3. The first-order chi connectivity index (χ1) is 8.16. The third-order valence-electron chi connectivity index (χ3n) is 2.34. The molecule has 0 aromatic rings. The first-order valence-electron chi connectivity index (χ1n) is 6.65. The molecule has 0 aliphatic heterocycles. The van der Waals surface area contributed by atoms with E-state index < -0.39 is 5.97 Å². The zero-order valence-corrected chi connectivity index (χ0v) is 9.83. The molecule has 0 bridgehead atoms. The molecule has 0 aromatic heterocycles. The molecule has 0 unspecified atom stereocenters. The van der Waals surface area contributed by atoms with E-state index in [1.165, 1.54) is 6.42 Å². The van der Waals surface area contributed by atoms with Crippen LogP contribution in [0.1, 0.15) is 59.6 Å². The first kappa shape index (κ1) is 13.0. The summed E-state index contributed by atoms with van der Waals surface area (Å²) in [5.74, 6) is -1.19. The summed E-state index contributed by atoms with van der Waals surface area (Å²) in [5, 5.41) is 10.7. The Morgan fingerprint density at radius 1 is 1.12 bits per heavy atom. The van der Waals surface area contributed by atoms with E-state index in [1.54, 1.807) is 0 Å². The van der Waals surface area contributed by atoms with Gasteiger partial charge in [0.15, 0.2) is 0 Å². The number of hydrogen-bond acceptors (Lipinski definition) is 2. The van der Waals surface area contributed by atoms with Crippen molar-refractivity contribution in [2.45, 2.75) is 58.3 Å². The SMILES string of the molecule is [2H]CCCCCCCCCC(=O)NCC(=O)O. The van der Waals surface area contributed by atoms with Gasteiger partial charge in [-0.2, -0.15) is 0 Å². The maximum absolute atomic E-state index is 11.1. The summed E-state index contributed by atoms with van der Waals surface area (Å²) >= 11 is 0. The van der Waals surface area contributed by atoms with Crippen molar-refractivity contribution >= 4 is 11.9 Å². The molecule has 4 nitrogen and oxygen atoms in total. The van der Waals surface area contributed by atoms with Crippen LogP contribution in [-0.2, 0) is 9.59 Å². The van der Waals surface area contributed by atoms with Crippen LogP contribution in [0.2, 0.25) is 0 Å².